The molecule has 0 aliphatic carbocycles. The lowest BCUT2D eigenvalue weighted by Crippen LogP contribution is -1.99. The van der Waals surface area contributed by atoms with E-state index in [1.807, 2.05) is 0 Å². The van der Waals surface area contributed by atoms with Crippen molar-refractivity contribution < 1.29 is 13.9 Å². The van der Waals surface area contributed by atoms with Crippen molar-refractivity contribution in [3.8, 4) is 5.75 Å². The average molecular weight is 344 g/mol. The van der Waals surface area contributed by atoms with Gasteiger partial charge in [-0.2, -0.15) is 0 Å². The Labute approximate surface area is 123 Å². The lowest BCUT2D eigenvalue weighted by Gasteiger charge is -2.10. The Morgan fingerprint density at radius 3 is 2.84 bits per heavy atom. The van der Waals surface area contributed by atoms with E-state index in [4.69, 9.17) is 16.3 Å². The zero-order valence-electron chi connectivity index (χ0n) is 9.70. The van der Waals surface area contributed by atoms with Gasteiger partial charge in [0, 0.05) is 10.0 Å². The fourth-order valence-corrected chi connectivity index (χ4v) is 2.12. The molecule has 0 aliphatic heterocycles. The van der Waals surface area contributed by atoms with Crippen LogP contribution in [0.25, 0.3) is 0 Å². The van der Waals surface area contributed by atoms with Crippen LogP contribution in [-0.4, -0.2) is 6.29 Å². The maximum absolute atomic E-state index is 13.3. The normalized spacial score (nSPS) is 10.3. The molecule has 0 saturated carbocycles. The predicted molar refractivity (Wildman–Crippen MR) is 75.3 cm³/mol. The number of rotatable bonds is 4. The van der Waals surface area contributed by atoms with Crippen LogP contribution in [0.1, 0.15) is 15.9 Å². The summed E-state index contributed by atoms with van der Waals surface area (Å²) >= 11 is 9.10. The Hall–Kier alpha value is -1.39. The molecule has 0 bridgehead atoms. The standard InChI is InChI=1S/C14H9BrClFO2/c15-11-4-5-13(10(6-11)7-18)19-8-9-2-1-3-12(17)14(9)16/h1-7H,8H2. The third kappa shape index (κ3) is 3.33. The van der Waals surface area contributed by atoms with Crippen molar-refractivity contribution in [1.29, 1.82) is 0 Å². The summed E-state index contributed by atoms with van der Waals surface area (Å²) in [6.45, 7) is 0.0963. The first kappa shape index (κ1) is 14.0. The van der Waals surface area contributed by atoms with Gasteiger partial charge in [-0.1, -0.05) is 39.7 Å². The summed E-state index contributed by atoms with van der Waals surface area (Å²) in [4.78, 5) is 10.9. The summed E-state index contributed by atoms with van der Waals surface area (Å²) in [7, 11) is 0. The summed E-state index contributed by atoms with van der Waals surface area (Å²) in [5.41, 5.74) is 0.948. The molecule has 2 aromatic rings. The first-order valence-electron chi connectivity index (χ1n) is 5.42. The second kappa shape index (κ2) is 6.17. The van der Waals surface area contributed by atoms with E-state index < -0.39 is 5.82 Å². The van der Waals surface area contributed by atoms with Gasteiger partial charge in [0.15, 0.2) is 6.29 Å². The summed E-state index contributed by atoms with van der Waals surface area (Å²) in [5, 5.41) is 0.0345. The first-order valence-corrected chi connectivity index (χ1v) is 6.59. The molecule has 0 N–H and O–H groups in total. The van der Waals surface area contributed by atoms with E-state index >= 15 is 0 Å². The molecule has 98 valence electrons. The van der Waals surface area contributed by atoms with Gasteiger partial charge in [0.05, 0.1) is 10.6 Å². The van der Waals surface area contributed by atoms with Crippen LogP contribution >= 0.6 is 27.5 Å². The Balaban J connectivity index is 2.19. The summed E-state index contributed by atoms with van der Waals surface area (Å²) < 4.78 is 19.5. The van der Waals surface area contributed by atoms with Crippen molar-refractivity contribution >= 4 is 33.8 Å². The lowest BCUT2D eigenvalue weighted by atomic mass is 10.2. The lowest BCUT2D eigenvalue weighted by molar-refractivity contribution is 0.111. The molecule has 0 aliphatic rings. The van der Waals surface area contributed by atoms with E-state index in [9.17, 15) is 9.18 Å². The number of benzene rings is 2. The number of carbonyl (C=O) groups is 1. The quantitative estimate of drug-likeness (QED) is 0.756. The highest BCUT2D eigenvalue weighted by Crippen LogP contribution is 2.25. The molecule has 19 heavy (non-hydrogen) atoms. The predicted octanol–water partition coefficient (Wildman–Crippen LogP) is 4.63. The largest absolute Gasteiger partial charge is 0.488 e. The maximum atomic E-state index is 13.3. The monoisotopic (exact) mass is 342 g/mol. The topological polar surface area (TPSA) is 26.3 Å². The highest BCUT2D eigenvalue weighted by molar-refractivity contribution is 9.10. The molecule has 2 rings (SSSR count). The van der Waals surface area contributed by atoms with E-state index in [1.165, 1.54) is 6.07 Å². The van der Waals surface area contributed by atoms with Gasteiger partial charge in [-0.25, -0.2) is 4.39 Å². The van der Waals surface area contributed by atoms with Gasteiger partial charge >= 0.3 is 0 Å². The zero-order chi connectivity index (χ0) is 13.8. The van der Waals surface area contributed by atoms with Crippen LogP contribution in [0, 0.1) is 5.82 Å². The Kier molecular flexibility index (Phi) is 4.56. The summed E-state index contributed by atoms with van der Waals surface area (Å²) in [5.74, 6) is -0.0623. The Morgan fingerprint density at radius 1 is 1.32 bits per heavy atom. The fourth-order valence-electron chi connectivity index (χ4n) is 1.56. The molecule has 0 aromatic heterocycles. The summed E-state index contributed by atoms with van der Waals surface area (Å²) in [6.07, 6.45) is 0.702. The van der Waals surface area contributed by atoms with Crippen molar-refractivity contribution in [1.82, 2.24) is 0 Å². The number of halogens is 3. The molecule has 0 fully saturated rings. The molecule has 0 radical (unpaired) electrons. The van der Waals surface area contributed by atoms with Crippen LogP contribution in [0.15, 0.2) is 40.9 Å². The van der Waals surface area contributed by atoms with Gasteiger partial charge in [0.2, 0.25) is 0 Å². The van der Waals surface area contributed by atoms with Gasteiger partial charge in [0.25, 0.3) is 0 Å². The smallest absolute Gasteiger partial charge is 0.153 e. The Morgan fingerprint density at radius 2 is 2.11 bits per heavy atom. The van der Waals surface area contributed by atoms with E-state index in [-0.39, 0.29) is 11.6 Å². The number of ether oxygens (including phenoxy) is 1. The van der Waals surface area contributed by atoms with Crippen molar-refractivity contribution in [3.05, 3.63) is 62.8 Å². The van der Waals surface area contributed by atoms with Gasteiger partial charge in [-0.05, 0) is 24.3 Å². The minimum Gasteiger partial charge on any atom is -0.488 e. The molecule has 0 heterocycles. The SMILES string of the molecule is O=Cc1cc(Br)ccc1OCc1cccc(F)c1Cl. The molecule has 0 unspecified atom stereocenters. The van der Waals surface area contributed by atoms with Gasteiger partial charge in [-0.3, -0.25) is 4.79 Å². The van der Waals surface area contributed by atoms with Gasteiger partial charge < -0.3 is 4.74 Å². The third-order valence-electron chi connectivity index (χ3n) is 2.51. The molecule has 0 saturated heterocycles. The summed E-state index contributed by atoms with van der Waals surface area (Å²) in [6, 6.07) is 9.58. The third-order valence-corrected chi connectivity index (χ3v) is 3.43. The molecule has 0 atom stereocenters. The zero-order valence-corrected chi connectivity index (χ0v) is 12.0. The molecule has 5 heteroatoms. The number of carbonyl (C=O) groups excluding carboxylic acids is 1. The van der Waals surface area contributed by atoms with Gasteiger partial charge in [-0.15, -0.1) is 0 Å². The first-order chi connectivity index (χ1) is 9.11. The van der Waals surface area contributed by atoms with Crippen molar-refractivity contribution in [2.45, 2.75) is 6.61 Å². The van der Waals surface area contributed by atoms with E-state index in [0.717, 1.165) is 4.47 Å². The van der Waals surface area contributed by atoms with Crippen molar-refractivity contribution in [3.63, 3.8) is 0 Å². The highest BCUT2D eigenvalue weighted by Gasteiger charge is 2.08. The van der Waals surface area contributed by atoms with Crippen LogP contribution in [-0.2, 0) is 6.61 Å². The van der Waals surface area contributed by atoms with Crippen LogP contribution in [0.5, 0.6) is 5.75 Å². The van der Waals surface area contributed by atoms with E-state index in [2.05, 4.69) is 15.9 Å². The molecular formula is C14H9BrClFO2. The van der Waals surface area contributed by atoms with Gasteiger partial charge in [0.1, 0.15) is 18.2 Å². The minimum absolute atomic E-state index is 0.0345. The second-order valence-electron chi connectivity index (χ2n) is 3.80. The van der Waals surface area contributed by atoms with Crippen LogP contribution in [0.4, 0.5) is 4.39 Å². The number of hydrogen-bond acceptors (Lipinski definition) is 2. The van der Waals surface area contributed by atoms with Crippen LogP contribution < -0.4 is 4.74 Å². The Bertz CT molecular complexity index is 616. The average Bonchev–Trinajstić information content (AvgIpc) is 2.41. The molecular weight excluding hydrogens is 335 g/mol. The van der Waals surface area contributed by atoms with Crippen LogP contribution in [0.2, 0.25) is 5.02 Å². The fraction of sp³-hybridized carbons (Fsp3) is 0.0714. The van der Waals surface area contributed by atoms with E-state index in [0.29, 0.717) is 23.2 Å². The second-order valence-corrected chi connectivity index (χ2v) is 5.10. The van der Waals surface area contributed by atoms with E-state index in [1.54, 1.807) is 30.3 Å². The van der Waals surface area contributed by atoms with Crippen LogP contribution in [0.3, 0.4) is 0 Å². The van der Waals surface area contributed by atoms with Crippen molar-refractivity contribution in [2.75, 3.05) is 0 Å². The number of aldehydes is 1. The minimum atomic E-state index is -0.491. The maximum Gasteiger partial charge on any atom is 0.153 e. The molecule has 2 aromatic carbocycles. The molecule has 2 nitrogen and oxygen atoms in total. The van der Waals surface area contributed by atoms with Crippen molar-refractivity contribution in [2.24, 2.45) is 0 Å². The molecule has 0 spiro atoms. The molecule has 0 amide bonds. The highest BCUT2D eigenvalue weighted by atomic mass is 79.9. The number of hydrogen-bond donors (Lipinski definition) is 0.